The molecular weight excluding hydrogens is 370 g/mol. The predicted molar refractivity (Wildman–Crippen MR) is 107 cm³/mol. The Balaban J connectivity index is 1.80. The van der Waals surface area contributed by atoms with E-state index in [9.17, 15) is 19.5 Å². The average Bonchev–Trinajstić information content (AvgIpc) is 3.22. The SMILES string of the molecule is CC(C)N(Cc1cccc(C(=O)N2CCC[C@@H]2C(=O)O)c1)C(=O)c1cccnc1. The quantitative estimate of drug-likeness (QED) is 0.812. The van der Waals surface area contributed by atoms with Crippen molar-refractivity contribution in [1.29, 1.82) is 0 Å². The lowest BCUT2D eigenvalue weighted by Crippen LogP contribution is -2.40. The molecule has 7 nitrogen and oxygen atoms in total. The second-order valence-corrected chi connectivity index (χ2v) is 7.46. The van der Waals surface area contributed by atoms with E-state index in [0.717, 1.165) is 5.56 Å². The van der Waals surface area contributed by atoms with E-state index in [1.165, 1.54) is 11.1 Å². The van der Waals surface area contributed by atoms with Gasteiger partial charge in [-0.3, -0.25) is 14.6 Å². The molecule has 0 radical (unpaired) electrons. The highest BCUT2D eigenvalue weighted by Crippen LogP contribution is 2.21. The van der Waals surface area contributed by atoms with E-state index in [1.807, 2.05) is 19.9 Å². The van der Waals surface area contributed by atoms with Crippen molar-refractivity contribution in [2.75, 3.05) is 6.54 Å². The van der Waals surface area contributed by atoms with Crippen LogP contribution in [0.1, 0.15) is 53.0 Å². The molecule has 2 heterocycles. The second-order valence-electron chi connectivity index (χ2n) is 7.46. The van der Waals surface area contributed by atoms with E-state index >= 15 is 0 Å². The average molecular weight is 395 g/mol. The van der Waals surface area contributed by atoms with E-state index in [-0.39, 0.29) is 17.9 Å². The zero-order chi connectivity index (χ0) is 21.0. The van der Waals surface area contributed by atoms with Crippen molar-refractivity contribution in [3.05, 3.63) is 65.5 Å². The molecule has 3 rings (SSSR count). The van der Waals surface area contributed by atoms with Gasteiger partial charge in [0.2, 0.25) is 0 Å². The number of hydrogen-bond donors (Lipinski definition) is 1. The zero-order valence-corrected chi connectivity index (χ0v) is 16.6. The van der Waals surface area contributed by atoms with Crippen LogP contribution in [0.5, 0.6) is 0 Å². The molecule has 29 heavy (non-hydrogen) atoms. The van der Waals surface area contributed by atoms with Crippen LogP contribution in [0.2, 0.25) is 0 Å². The minimum Gasteiger partial charge on any atom is -0.480 e. The van der Waals surface area contributed by atoms with Crippen LogP contribution in [0.25, 0.3) is 0 Å². The van der Waals surface area contributed by atoms with Crippen LogP contribution < -0.4 is 0 Å². The molecule has 2 aromatic rings. The van der Waals surface area contributed by atoms with Gasteiger partial charge in [-0.25, -0.2) is 4.79 Å². The first-order valence-corrected chi connectivity index (χ1v) is 9.72. The smallest absolute Gasteiger partial charge is 0.326 e. The van der Waals surface area contributed by atoms with Crippen LogP contribution in [-0.2, 0) is 11.3 Å². The number of rotatable bonds is 6. The molecule has 0 bridgehead atoms. The molecular formula is C22H25N3O4. The van der Waals surface area contributed by atoms with Crippen molar-refractivity contribution < 1.29 is 19.5 Å². The molecule has 152 valence electrons. The Labute approximate surface area is 170 Å². The molecule has 1 saturated heterocycles. The number of hydrogen-bond acceptors (Lipinski definition) is 4. The summed E-state index contributed by atoms with van der Waals surface area (Å²) in [7, 11) is 0. The van der Waals surface area contributed by atoms with Crippen molar-refractivity contribution in [1.82, 2.24) is 14.8 Å². The highest BCUT2D eigenvalue weighted by Gasteiger charge is 2.34. The summed E-state index contributed by atoms with van der Waals surface area (Å²) in [6.45, 7) is 4.66. The van der Waals surface area contributed by atoms with Gasteiger partial charge >= 0.3 is 5.97 Å². The number of pyridine rings is 1. The molecule has 7 heteroatoms. The van der Waals surface area contributed by atoms with E-state index < -0.39 is 12.0 Å². The minimum atomic E-state index is -0.972. The number of likely N-dealkylation sites (tertiary alicyclic amines) is 1. The Morgan fingerprint density at radius 2 is 1.97 bits per heavy atom. The summed E-state index contributed by atoms with van der Waals surface area (Å²) in [5, 5.41) is 9.34. The van der Waals surface area contributed by atoms with Crippen LogP contribution in [0.3, 0.4) is 0 Å². The maximum Gasteiger partial charge on any atom is 0.326 e. The molecule has 1 aliphatic heterocycles. The summed E-state index contributed by atoms with van der Waals surface area (Å²) >= 11 is 0. The van der Waals surface area contributed by atoms with Crippen LogP contribution in [0.4, 0.5) is 0 Å². The van der Waals surface area contributed by atoms with Gasteiger partial charge in [0, 0.05) is 37.1 Å². The fraction of sp³-hybridized carbons (Fsp3) is 0.364. The van der Waals surface area contributed by atoms with Crippen LogP contribution in [0.15, 0.2) is 48.8 Å². The summed E-state index contributed by atoms with van der Waals surface area (Å²) in [6, 6.07) is 9.69. The normalized spacial score (nSPS) is 16.1. The van der Waals surface area contributed by atoms with Gasteiger partial charge in [-0.1, -0.05) is 12.1 Å². The molecule has 1 atom stereocenters. The third-order valence-corrected chi connectivity index (χ3v) is 5.12. The third kappa shape index (κ3) is 4.62. The maximum absolute atomic E-state index is 12.9. The summed E-state index contributed by atoms with van der Waals surface area (Å²) in [5.41, 5.74) is 1.76. The van der Waals surface area contributed by atoms with Gasteiger partial charge in [-0.15, -0.1) is 0 Å². The predicted octanol–water partition coefficient (Wildman–Crippen LogP) is 2.82. The van der Waals surface area contributed by atoms with Crippen LogP contribution >= 0.6 is 0 Å². The molecule has 1 aromatic carbocycles. The number of aliphatic carboxylic acids is 1. The maximum atomic E-state index is 12.9. The Morgan fingerprint density at radius 3 is 2.62 bits per heavy atom. The number of amides is 2. The van der Waals surface area contributed by atoms with Gasteiger partial charge < -0.3 is 14.9 Å². The number of benzene rings is 1. The second kappa shape index (κ2) is 8.86. The molecule has 1 N–H and O–H groups in total. The first-order valence-electron chi connectivity index (χ1n) is 9.72. The Kier molecular flexibility index (Phi) is 6.26. The highest BCUT2D eigenvalue weighted by atomic mass is 16.4. The minimum absolute atomic E-state index is 0.0444. The van der Waals surface area contributed by atoms with Gasteiger partial charge in [0.15, 0.2) is 0 Å². The molecule has 1 aromatic heterocycles. The Bertz CT molecular complexity index is 898. The van der Waals surface area contributed by atoms with Crippen molar-refractivity contribution in [3.63, 3.8) is 0 Å². The standard InChI is InChI=1S/C22H25N3O4/c1-15(2)25(21(27)18-8-4-10-23-13-18)14-16-6-3-7-17(12-16)20(26)24-11-5-9-19(24)22(28)29/h3-4,6-8,10,12-13,15,19H,5,9,11,14H2,1-2H3,(H,28,29)/t19-/m1/s1. The summed E-state index contributed by atoms with van der Waals surface area (Å²) in [4.78, 5) is 44.3. The van der Waals surface area contributed by atoms with Crippen LogP contribution in [-0.4, -0.2) is 56.3 Å². The van der Waals surface area contributed by atoms with Gasteiger partial charge in [0.05, 0.1) is 5.56 Å². The van der Waals surface area contributed by atoms with Gasteiger partial charge in [0.25, 0.3) is 11.8 Å². The molecule has 1 fully saturated rings. The lowest BCUT2D eigenvalue weighted by Gasteiger charge is -2.27. The first-order chi connectivity index (χ1) is 13.9. The lowest BCUT2D eigenvalue weighted by atomic mass is 10.1. The number of nitrogens with zero attached hydrogens (tertiary/aromatic N) is 3. The van der Waals surface area contributed by atoms with E-state index in [1.54, 1.807) is 41.4 Å². The van der Waals surface area contributed by atoms with Gasteiger partial charge in [-0.05, 0) is 56.5 Å². The number of carbonyl (C=O) groups excluding carboxylic acids is 2. The van der Waals surface area contributed by atoms with E-state index in [0.29, 0.717) is 37.1 Å². The van der Waals surface area contributed by atoms with Gasteiger partial charge in [-0.2, -0.15) is 0 Å². The van der Waals surface area contributed by atoms with E-state index in [4.69, 9.17) is 0 Å². The van der Waals surface area contributed by atoms with E-state index in [2.05, 4.69) is 4.98 Å². The fourth-order valence-electron chi connectivity index (χ4n) is 3.58. The van der Waals surface area contributed by atoms with Crippen molar-refractivity contribution >= 4 is 17.8 Å². The van der Waals surface area contributed by atoms with Crippen molar-refractivity contribution in [2.24, 2.45) is 0 Å². The number of carbonyl (C=O) groups is 3. The number of carboxylic acid groups (broad SMARTS) is 1. The first kappa shape index (κ1) is 20.5. The molecule has 1 aliphatic rings. The molecule has 0 saturated carbocycles. The molecule has 0 aliphatic carbocycles. The molecule has 0 unspecified atom stereocenters. The third-order valence-electron chi connectivity index (χ3n) is 5.12. The van der Waals surface area contributed by atoms with Crippen molar-refractivity contribution in [3.8, 4) is 0 Å². The number of carboxylic acids is 1. The van der Waals surface area contributed by atoms with Crippen LogP contribution in [0, 0.1) is 0 Å². The number of aromatic nitrogens is 1. The monoisotopic (exact) mass is 395 g/mol. The fourth-order valence-corrected chi connectivity index (χ4v) is 3.58. The Morgan fingerprint density at radius 1 is 1.21 bits per heavy atom. The van der Waals surface area contributed by atoms with Gasteiger partial charge in [0.1, 0.15) is 6.04 Å². The largest absolute Gasteiger partial charge is 0.480 e. The summed E-state index contributed by atoms with van der Waals surface area (Å²) in [5.74, 6) is -1.39. The summed E-state index contributed by atoms with van der Waals surface area (Å²) in [6.07, 6.45) is 4.32. The topological polar surface area (TPSA) is 90.8 Å². The lowest BCUT2D eigenvalue weighted by molar-refractivity contribution is -0.141. The van der Waals surface area contributed by atoms with Crippen molar-refractivity contribution in [2.45, 2.75) is 45.3 Å². The molecule has 0 spiro atoms. The molecule has 2 amide bonds. The highest BCUT2D eigenvalue weighted by molar-refractivity contribution is 5.97. The summed E-state index contributed by atoms with van der Waals surface area (Å²) < 4.78 is 0. The Hall–Kier alpha value is -3.22. The zero-order valence-electron chi connectivity index (χ0n) is 16.6.